The van der Waals surface area contributed by atoms with Crippen molar-refractivity contribution < 1.29 is 9.32 Å². The summed E-state index contributed by atoms with van der Waals surface area (Å²) in [5.41, 5.74) is 2.87. The van der Waals surface area contributed by atoms with Crippen molar-refractivity contribution in [3.05, 3.63) is 82.0 Å². The van der Waals surface area contributed by atoms with Gasteiger partial charge in [0.15, 0.2) is 0 Å². The molecule has 8 nitrogen and oxygen atoms in total. The van der Waals surface area contributed by atoms with E-state index in [0.29, 0.717) is 36.6 Å². The predicted molar refractivity (Wildman–Crippen MR) is 130 cm³/mol. The summed E-state index contributed by atoms with van der Waals surface area (Å²) in [5, 5.41) is 4.63. The van der Waals surface area contributed by atoms with Crippen LogP contribution in [0.2, 0.25) is 0 Å². The minimum atomic E-state index is -0.216. The summed E-state index contributed by atoms with van der Waals surface area (Å²) in [5.74, 6) is 1.05. The van der Waals surface area contributed by atoms with Gasteiger partial charge >= 0.3 is 0 Å². The van der Waals surface area contributed by atoms with E-state index in [9.17, 15) is 9.59 Å². The molecule has 174 valence electrons. The summed E-state index contributed by atoms with van der Waals surface area (Å²) < 4.78 is 5.41. The third kappa shape index (κ3) is 4.63. The Balaban J connectivity index is 1.12. The highest BCUT2D eigenvalue weighted by atomic mass is 16.5. The fraction of sp³-hybridized carbons (Fsp3) is 0.308. The van der Waals surface area contributed by atoms with Gasteiger partial charge in [0.1, 0.15) is 5.56 Å². The maximum Gasteiger partial charge on any atom is 0.259 e. The Hall–Kier alpha value is -3.78. The highest BCUT2D eigenvalue weighted by molar-refractivity contribution is 5.97. The second kappa shape index (κ2) is 9.61. The number of H-pyrrole nitrogens is 1. The number of aryl methyl sites for hydroxylation is 2. The number of benzene rings is 2. The molecule has 1 aliphatic heterocycles. The molecule has 1 aliphatic rings. The molecule has 0 bridgehead atoms. The minimum Gasteiger partial charge on any atom is -0.360 e. The quantitative estimate of drug-likeness (QED) is 0.477. The van der Waals surface area contributed by atoms with Crippen LogP contribution in [-0.4, -0.2) is 63.6 Å². The molecule has 5 rings (SSSR count). The largest absolute Gasteiger partial charge is 0.360 e. The Bertz CT molecular complexity index is 1350. The van der Waals surface area contributed by atoms with Crippen molar-refractivity contribution in [1.29, 1.82) is 0 Å². The van der Waals surface area contributed by atoms with Crippen molar-refractivity contribution in [3.8, 4) is 11.4 Å². The number of fused-ring (bicyclic) bond motifs is 1. The van der Waals surface area contributed by atoms with Crippen molar-refractivity contribution >= 4 is 16.8 Å². The Kier molecular flexibility index (Phi) is 6.22. The molecule has 0 spiro atoms. The van der Waals surface area contributed by atoms with Gasteiger partial charge in [-0.15, -0.1) is 0 Å². The van der Waals surface area contributed by atoms with Gasteiger partial charge in [-0.2, -0.15) is 4.98 Å². The molecule has 1 N–H and O–H groups in total. The van der Waals surface area contributed by atoms with E-state index in [0.717, 1.165) is 37.1 Å². The van der Waals surface area contributed by atoms with Gasteiger partial charge in [0.2, 0.25) is 17.1 Å². The number of aromatic amines is 1. The van der Waals surface area contributed by atoms with Crippen LogP contribution in [0.25, 0.3) is 22.3 Å². The number of nitrogens with one attached hydrogen (secondary N) is 1. The van der Waals surface area contributed by atoms with Crippen LogP contribution in [0.4, 0.5) is 0 Å². The fourth-order valence-electron chi connectivity index (χ4n) is 4.30. The van der Waals surface area contributed by atoms with Gasteiger partial charge < -0.3 is 14.4 Å². The van der Waals surface area contributed by atoms with Crippen LogP contribution >= 0.6 is 0 Å². The average Bonchev–Trinajstić information content (AvgIpc) is 3.34. The number of nitrogens with zero attached hydrogens (tertiary/aromatic N) is 4. The maximum atomic E-state index is 13.0. The highest BCUT2D eigenvalue weighted by Gasteiger charge is 2.24. The maximum absolute atomic E-state index is 13.0. The zero-order valence-electron chi connectivity index (χ0n) is 19.2. The van der Waals surface area contributed by atoms with Crippen molar-refractivity contribution in [2.45, 2.75) is 19.8 Å². The number of carbonyl (C=O) groups excluding carboxylic acids is 1. The van der Waals surface area contributed by atoms with E-state index in [1.54, 1.807) is 11.0 Å². The number of carbonyl (C=O) groups is 1. The molecule has 0 aliphatic carbocycles. The van der Waals surface area contributed by atoms with Gasteiger partial charge in [0.25, 0.3) is 5.91 Å². The van der Waals surface area contributed by atoms with Crippen LogP contribution in [0.1, 0.15) is 28.2 Å². The first kappa shape index (κ1) is 22.0. The van der Waals surface area contributed by atoms with E-state index >= 15 is 0 Å². The van der Waals surface area contributed by atoms with E-state index in [1.165, 1.54) is 11.8 Å². The number of pyridine rings is 1. The third-order valence-corrected chi connectivity index (χ3v) is 6.32. The molecule has 2 aromatic carbocycles. The number of hydrogen-bond donors (Lipinski definition) is 1. The summed E-state index contributed by atoms with van der Waals surface area (Å²) in [4.78, 5) is 37.4. The summed E-state index contributed by atoms with van der Waals surface area (Å²) in [6.07, 6.45) is 3.15. The van der Waals surface area contributed by atoms with Gasteiger partial charge in [-0.05, 0) is 32.0 Å². The molecule has 1 saturated heterocycles. The van der Waals surface area contributed by atoms with E-state index in [-0.39, 0.29) is 16.9 Å². The van der Waals surface area contributed by atoms with Crippen LogP contribution in [0.15, 0.2) is 64.0 Å². The van der Waals surface area contributed by atoms with Crippen LogP contribution in [0.3, 0.4) is 0 Å². The van der Waals surface area contributed by atoms with Crippen LogP contribution in [0, 0.1) is 6.92 Å². The number of rotatable bonds is 6. The predicted octanol–water partition coefficient (Wildman–Crippen LogP) is 3.28. The molecule has 0 atom stereocenters. The third-order valence-electron chi connectivity index (χ3n) is 6.32. The molecule has 1 amide bonds. The molecule has 34 heavy (non-hydrogen) atoms. The molecule has 1 fully saturated rings. The lowest BCUT2D eigenvalue weighted by Crippen LogP contribution is -2.49. The molecule has 0 radical (unpaired) electrons. The van der Waals surface area contributed by atoms with Crippen LogP contribution in [-0.2, 0) is 6.42 Å². The molecule has 8 heteroatoms. The van der Waals surface area contributed by atoms with Crippen LogP contribution in [0.5, 0.6) is 0 Å². The monoisotopic (exact) mass is 457 g/mol. The first-order valence-corrected chi connectivity index (χ1v) is 11.6. The summed E-state index contributed by atoms with van der Waals surface area (Å²) in [6, 6.07) is 15.3. The number of aromatic nitrogens is 3. The van der Waals surface area contributed by atoms with Crippen LogP contribution < -0.4 is 5.43 Å². The Morgan fingerprint density at radius 2 is 1.82 bits per heavy atom. The normalized spacial score (nSPS) is 14.6. The van der Waals surface area contributed by atoms with E-state index in [1.807, 2.05) is 49.4 Å². The number of piperazine rings is 1. The lowest BCUT2D eigenvalue weighted by atomic mass is 10.1. The van der Waals surface area contributed by atoms with E-state index in [2.05, 4.69) is 20.0 Å². The lowest BCUT2D eigenvalue weighted by molar-refractivity contribution is 0.0634. The van der Waals surface area contributed by atoms with Crippen molar-refractivity contribution in [3.63, 3.8) is 0 Å². The van der Waals surface area contributed by atoms with Gasteiger partial charge in [-0.1, -0.05) is 47.1 Å². The van der Waals surface area contributed by atoms with Crippen molar-refractivity contribution in [1.82, 2.24) is 24.9 Å². The summed E-state index contributed by atoms with van der Waals surface area (Å²) >= 11 is 0. The minimum absolute atomic E-state index is 0.202. The second-order valence-electron chi connectivity index (χ2n) is 8.69. The lowest BCUT2D eigenvalue weighted by Gasteiger charge is -2.34. The first-order chi connectivity index (χ1) is 16.6. The second-order valence-corrected chi connectivity index (χ2v) is 8.69. The van der Waals surface area contributed by atoms with Gasteiger partial charge in [0, 0.05) is 55.3 Å². The van der Waals surface area contributed by atoms with Gasteiger partial charge in [-0.25, -0.2) is 0 Å². The number of hydrogen-bond acceptors (Lipinski definition) is 6. The van der Waals surface area contributed by atoms with Gasteiger partial charge in [0.05, 0.1) is 0 Å². The van der Waals surface area contributed by atoms with Crippen molar-refractivity contribution in [2.75, 3.05) is 32.7 Å². The zero-order chi connectivity index (χ0) is 23.5. The fourth-order valence-corrected chi connectivity index (χ4v) is 4.30. The average molecular weight is 458 g/mol. The SMILES string of the molecule is Cc1ccc(-c2noc(CCCN3CCN(C(=O)c4c[nH]c5ccccc5c4=O)CC3)n2)cc1. The zero-order valence-corrected chi connectivity index (χ0v) is 19.2. The number of para-hydroxylation sites is 1. The molecule has 2 aromatic heterocycles. The molecule has 0 saturated carbocycles. The molecular weight excluding hydrogens is 430 g/mol. The Morgan fingerprint density at radius 1 is 1.06 bits per heavy atom. The first-order valence-electron chi connectivity index (χ1n) is 11.6. The smallest absolute Gasteiger partial charge is 0.259 e. The van der Waals surface area contributed by atoms with Crippen molar-refractivity contribution in [2.24, 2.45) is 0 Å². The Labute approximate surface area is 197 Å². The molecular formula is C26H27N5O3. The molecule has 3 heterocycles. The van der Waals surface area contributed by atoms with E-state index in [4.69, 9.17) is 4.52 Å². The van der Waals surface area contributed by atoms with E-state index < -0.39 is 0 Å². The Morgan fingerprint density at radius 3 is 2.62 bits per heavy atom. The standard InChI is InChI=1S/C26H27N5O3/c1-18-8-10-19(11-9-18)25-28-23(34-29-25)7-4-12-30-13-15-31(16-14-30)26(33)21-17-27-22-6-3-2-5-20(22)24(21)32/h2-3,5-6,8-11,17H,4,7,12-16H2,1H3,(H,27,32). The number of amides is 1. The summed E-state index contributed by atoms with van der Waals surface area (Å²) in [6.45, 7) is 5.68. The molecule has 4 aromatic rings. The summed E-state index contributed by atoms with van der Waals surface area (Å²) in [7, 11) is 0. The molecule has 0 unspecified atom stereocenters. The van der Waals surface area contributed by atoms with Gasteiger partial charge in [-0.3, -0.25) is 14.5 Å². The topological polar surface area (TPSA) is 95.3 Å². The highest BCUT2D eigenvalue weighted by Crippen LogP contribution is 2.17.